The van der Waals surface area contributed by atoms with E-state index in [-0.39, 0.29) is 12.5 Å². The number of amides is 1. The molecule has 8 heteroatoms. The van der Waals surface area contributed by atoms with E-state index in [2.05, 4.69) is 15.6 Å². The van der Waals surface area contributed by atoms with Crippen molar-refractivity contribution in [2.24, 2.45) is 0 Å². The molecule has 0 atom stereocenters. The van der Waals surface area contributed by atoms with Crippen LogP contribution < -0.4 is 15.4 Å². The number of nitrogens with zero attached hydrogens (tertiary/aromatic N) is 1. The molecule has 0 saturated heterocycles. The molecule has 0 aliphatic rings. The first kappa shape index (κ1) is 17.7. The van der Waals surface area contributed by atoms with Gasteiger partial charge in [-0.15, -0.1) is 11.3 Å². The Bertz CT molecular complexity index is 663. The smallest absolute Gasteiger partial charge is 0.240 e. The van der Waals surface area contributed by atoms with Gasteiger partial charge in [-0.1, -0.05) is 11.6 Å². The average Bonchev–Trinajstić information content (AvgIpc) is 3.00. The molecule has 0 radical (unpaired) electrons. The molecule has 0 saturated carbocycles. The predicted octanol–water partition coefficient (Wildman–Crippen LogP) is 2.65. The van der Waals surface area contributed by atoms with Gasteiger partial charge in [-0.3, -0.25) is 4.79 Å². The molecular weight excluding hydrogens is 338 g/mol. The van der Waals surface area contributed by atoms with Crippen LogP contribution in [0.5, 0.6) is 5.75 Å². The summed E-state index contributed by atoms with van der Waals surface area (Å²) in [6.45, 7) is 1.40. The molecule has 23 heavy (non-hydrogen) atoms. The normalized spacial score (nSPS) is 10.6. The number of carbonyl (C=O) groups is 1. The Morgan fingerprint density at radius 3 is 2.91 bits per heavy atom. The number of hydrogen-bond donors (Lipinski definition) is 2. The van der Waals surface area contributed by atoms with Crippen molar-refractivity contribution < 1.29 is 14.3 Å². The molecule has 0 bridgehead atoms. The summed E-state index contributed by atoms with van der Waals surface area (Å²) >= 11 is 7.48. The SMILES string of the molecule is COCCNCC(=O)Nc1nc(-c2ccc(OC)c(Cl)c2)cs1. The molecular formula is C15H18ClN3O3S. The Labute approximate surface area is 143 Å². The molecule has 1 aromatic heterocycles. The van der Waals surface area contributed by atoms with Gasteiger partial charge in [-0.2, -0.15) is 0 Å². The number of anilines is 1. The predicted molar refractivity (Wildman–Crippen MR) is 92.5 cm³/mol. The largest absolute Gasteiger partial charge is 0.495 e. The second kappa shape index (κ2) is 8.83. The first-order chi connectivity index (χ1) is 11.1. The second-order valence-corrected chi connectivity index (χ2v) is 5.87. The first-order valence-corrected chi connectivity index (χ1v) is 8.18. The number of benzene rings is 1. The Kier molecular flexibility index (Phi) is 6.79. The highest BCUT2D eigenvalue weighted by Crippen LogP contribution is 2.31. The van der Waals surface area contributed by atoms with Gasteiger partial charge < -0.3 is 20.1 Å². The third kappa shape index (κ3) is 5.18. The number of nitrogens with one attached hydrogen (secondary N) is 2. The zero-order valence-corrected chi connectivity index (χ0v) is 14.5. The van der Waals surface area contributed by atoms with Crippen LogP contribution in [-0.4, -0.2) is 44.8 Å². The van der Waals surface area contributed by atoms with E-state index in [1.807, 2.05) is 11.4 Å². The van der Waals surface area contributed by atoms with Crippen molar-refractivity contribution in [3.8, 4) is 17.0 Å². The van der Waals surface area contributed by atoms with Crippen LogP contribution in [0, 0.1) is 0 Å². The van der Waals surface area contributed by atoms with Crippen LogP contribution in [0.3, 0.4) is 0 Å². The minimum absolute atomic E-state index is 0.144. The van der Waals surface area contributed by atoms with E-state index in [4.69, 9.17) is 21.1 Å². The third-order valence-corrected chi connectivity index (χ3v) is 4.02. The van der Waals surface area contributed by atoms with Crippen LogP contribution in [0.2, 0.25) is 5.02 Å². The number of aromatic nitrogens is 1. The Balaban J connectivity index is 1.95. The Hall–Kier alpha value is -1.67. The van der Waals surface area contributed by atoms with Crippen molar-refractivity contribution in [1.29, 1.82) is 0 Å². The molecule has 0 aliphatic heterocycles. The fraction of sp³-hybridized carbons (Fsp3) is 0.333. The van der Waals surface area contributed by atoms with E-state index in [0.29, 0.717) is 29.1 Å². The van der Waals surface area contributed by atoms with Gasteiger partial charge in [0.15, 0.2) is 5.13 Å². The van der Waals surface area contributed by atoms with Crippen LogP contribution in [0.1, 0.15) is 0 Å². The van der Waals surface area contributed by atoms with Crippen LogP contribution >= 0.6 is 22.9 Å². The number of thiazole rings is 1. The molecule has 0 aliphatic carbocycles. The van der Waals surface area contributed by atoms with Gasteiger partial charge in [0.1, 0.15) is 5.75 Å². The summed E-state index contributed by atoms with van der Waals surface area (Å²) in [5, 5.41) is 8.66. The molecule has 0 unspecified atom stereocenters. The molecule has 1 heterocycles. The van der Waals surface area contributed by atoms with Crippen molar-refractivity contribution in [2.75, 3.05) is 39.2 Å². The topological polar surface area (TPSA) is 72.5 Å². The lowest BCUT2D eigenvalue weighted by molar-refractivity contribution is -0.115. The van der Waals surface area contributed by atoms with Crippen molar-refractivity contribution in [2.45, 2.75) is 0 Å². The van der Waals surface area contributed by atoms with Crippen molar-refractivity contribution in [3.63, 3.8) is 0 Å². The highest BCUT2D eigenvalue weighted by Gasteiger charge is 2.09. The lowest BCUT2D eigenvalue weighted by atomic mass is 10.2. The van der Waals surface area contributed by atoms with E-state index in [1.54, 1.807) is 26.4 Å². The van der Waals surface area contributed by atoms with Gasteiger partial charge in [0.25, 0.3) is 0 Å². The van der Waals surface area contributed by atoms with E-state index in [1.165, 1.54) is 11.3 Å². The summed E-state index contributed by atoms with van der Waals surface area (Å²) in [6, 6.07) is 5.44. The fourth-order valence-corrected chi connectivity index (χ4v) is 2.82. The maximum Gasteiger partial charge on any atom is 0.240 e. The number of carbonyl (C=O) groups excluding carboxylic acids is 1. The molecule has 2 rings (SSSR count). The molecule has 2 aromatic rings. The van der Waals surface area contributed by atoms with Crippen molar-refractivity contribution >= 4 is 34.0 Å². The average molecular weight is 356 g/mol. The summed E-state index contributed by atoms with van der Waals surface area (Å²) in [5.74, 6) is 0.469. The third-order valence-electron chi connectivity index (χ3n) is 2.97. The standard InChI is InChI=1S/C15H18ClN3O3S/c1-21-6-5-17-8-14(20)19-15-18-12(9-23-15)10-3-4-13(22-2)11(16)7-10/h3-4,7,9,17H,5-6,8H2,1-2H3,(H,18,19,20). The summed E-state index contributed by atoms with van der Waals surface area (Å²) in [6.07, 6.45) is 0. The zero-order valence-electron chi connectivity index (χ0n) is 12.9. The van der Waals surface area contributed by atoms with Gasteiger partial charge in [-0.05, 0) is 18.2 Å². The van der Waals surface area contributed by atoms with Gasteiger partial charge in [-0.25, -0.2) is 4.98 Å². The lowest BCUT2D eigenvalue weighted by Crippen LogP contribution is -2.30. The van der Waals surface area contributed by atoms with Gasteiger partial charge in [0, 0.05) is 24.6 Å². The van der Waals surface area contributed by atoms with Crippen LogP contribution in [0.25, 0.3) is 11.3 Å². The minimum atomic E-state index is -0.144. The number of methoxy groups -OCH3 is 2. The number of rotatable bonds is 8. The highest BCUT2D eigenvalue weighted by molar-refractivity contribution is 7.14. The Morgan fingerprint density at radius 1 is 1.39 bits per heavy atom. The van der Waals surface area contributed by atoms with Crippen molar-refractivity contribution in [3.05, 3.63) is 28.6 Å². The van der Waals surface area contributed by atoms with Gasteiger partial charge >= 0.3 is 0 Å². The molecule has 1 aromatic carbocycles. The summed E-state index contributed by atoms with van der Waals surface area (Å²) < 4.78 is 10.0. The monoisotopic (exact) mass is 355 g/mol. The number of halogens is 1. The molecule has 0 fully saturated rings. The molecule has 6 nitrogen and oxygen atoms in total. The van der Waals surface area contributed by atoms with Crippen LogP contribution in [0.15, 0.2) is 23.6 Å². The van der Waals surface area contributed by atoms with E-state index >= 15 is 0 Å². The number of hydrogen-bond acceptors (Lipinski definition) is 6. The van der Waals surface area contributed by atoms with Crippen molar-refractivity contribution in [1.82, 2.24) is 10.3 Å². The van der Waals surface area contributed by atoms with Crippen LogP contribution in [-0.2, 0) is 9.53 Å². The minimum Gasteiger partial charge on any atom is -0.495 e. The molecule has 0 spiro atoms. The van der Waals surface area contributed by atoms with Crippen LogP contribution in [0.4, 0.5) is 5.13 Å². The van der Waals surface area contributed by atoms with E-state index in [0.717, 1.165) is 11.3 Å². The fourth-order valence-electron chi connectivity index (χ4n) is 1.83. The van der Waals surface area contributed by atoms with Gasteiger partial charge in [0.05, 0.1) is 31.0 Å². The zero-order chi connectivity index (χ0) is 16.7. The molecule has 2 N–H and O–H groups in total. The van der Waals surface area contributed by atoms with Gasteiger partial charge in [0.2, 0.25) is 5.91 Å². The Morgan fingerprint density at radius 2 is 2.22 bits per heavy atom. The summed E-state index contributed by atoms with van der Waals surface area (Å²) in [5.41, 5.74) is 1.62. The number of ether oxygens (including phenoxy) is 2. The maximum atomic E-state index is 11.8. The van der Waals surface area contributed by atoms with E-state index in [9.17, 15) is 4.79 Å². The summed E-state index contributed by atoms with van der Waals surface area (Å²) in [4.78, 5) is 16.2. The highest BCUT2D eigenvalue weighted by atomic mass is 35.5. The first-order valence-electron chi connectivity index (χ1n) is 6.93. The van der Waals surface area contributed by atoms with E-state index < -0.39 is 0 Å². The maximum absolute atomic E-state index is 11.8. The second-order valence-electron chi connectivity index (χ2n) is 4.60. The lowest BCUT2D eigenvalue weighted by Gasteiger charge is -2.04. The summed E-state index contributed by atoms with van der Waals surface area (Å²) in [7, 11) is 3.18. The molecule has 124 valence electrons. The molecule has 1 amide bonds. The quantitative estimate of drug-likeness (QED) is 0.712.